The van der Waals surface area contributed by atoms with E-state index in [2.05, 4.69) is 65.2 Å². The lowest BCUT2D eigenvalue weighted by atomic mass is 10.1. The molecule has 3 aromatic heterocycles. The maximum absolute atomic E-state index is 12.7. The Kier molecular flexibility index (Phi) is 10.7. The highest BCUT2D eigenvalue weighted by Gasteiger charge is 2.23. The Morgan fingerprint density at radius 1 is 0.586 bits per heavy atom. The fourth-order valence-electron chi connectivity index (χ4n) is 5.02. The summed E-state index contributed by atoms with van der Waals surface area (Å²) in [5, 5.41) is 24.8. The molecule has 0 aliphatic carbocycles. The smallest absolute Gasteiger partial charge is 0.296 e. The van der Waals surface area contributed by atoms with Gasteiger partial charge in [0.1, 0.15) is 10.6 Å². The molecule has 0 saturated heterocycles. The van der Waals surface area contributed by atoms with Gasteiger partial charge in [0.15, 0.2) is 5.75 Å². The third kappa shape index (κ3) is 9.17. The molecule has 0 saturated carbocycles. The Morgan fingerprint density at radius 3 is 1.62 bits per heavy atom. The Hall–Kier alpha value is -6.99. The molecule has 3 heterocycles. The summed E-state index contributed by atoms with van der Waals surface area (Å²) in [6, 6.07) is 19.1. The zero-order valence-corrected chi connectivity index (χ0v) is 32.1. The number of phenolic OH excluding ortho intramolecular Hbond substituents is 1. The molecule has 0 amide bonds. The number of azo groups is 1. The SMILES string of the molecule is O=S(=O)(O)c1cc2cc(Nc3nc(Cl)nc(Nc4ccc(S(=O)(=O)Nc5ncccn5)cc4)n3)ccc2c(O)c1N=Nc1ccc(S(=O)(=O)Nc2ncccn2)cc1. The van der Waals surface area contributed by atoms with Crippen molar-refractivity contribution in [2.24, 2.45) is 10.2 Å². The molecule has 0 bridgehead atoms. The maximum atomic E-state index is 12.7. The van der Waals surface area contributed by atoms with Crippen LogP contribution in [0.1, 0.15) is 0 Å². The molecule has 21 nitrogen and oxygen atoms in total. The van der Waals surface area contributed by atoms with Crippen LogP contribution in [0.3, 0.4) is 0 Å². The van der Waals surface area contributed by atoms with Crippen LogP contribution in [0.25, 0.3) is 10.8 Å². The standard InChI is InChI=1S/C33H24ClN13O8S3/c34-29-41-32(39-20-3-8-23(9-4-20)56(49,50)46-30-35-13-1-14-36-30)43-33(42-29)40-22-7-12-25-19(17-22)18-26(58(53,54)55)27(28(25)48)45-44-21-5-10-24(11-6-21)57(51,52)47-31-37-15-2-16-38-31/h1-18,48H,(H,35,36,46)(H,37,38,47)(H,53,54,55)(H2,39,40,41,42,43). The van der Waals surface area contributed by atoms with E-state index in [0.29, 0.717) is 11.4 Å². The third-order valence-corrected chi connectivity index (χ3v) is 11.3. The molecule has 0 aliphatic heterocycles. The van der Waals surface area contributed by atoms with E-state index in [0.717, 1.165) is 6.07 Å². The average Bonchev–Trinajstić information content (AvgIpc) is 3.18. The van der Waals surface area contributed by atoms with Crippen LogP contribution >= 0.6 is 11.6 Å². The van der Waals surface area contributed by atoms with Crippen molar-refractivity contribution >= 4 is 99.1 Å². The molecule has 0 spiro atoms. The highest BCUT2D eigenvalue weighted by molar-refractivity contribution is 7.93. The molecule has 58 heavy (non-hydrogen) atoms. The molecular weight excluding hydrogens is 838 g/mol. The highest BCUT2D eigenvalue weighted by Crippen LogP contribution is 2.42. The van der Waals surface area contributed by atoms with Crippen molar-refractivity contribution in [2.75, 3.05) is 20.1 Å². The van der Waals surface area contributed by atoms with Gasteiger partial charge in [-0.25, -0.2) is 46.2 Å². The van der Waals surface area contributed by atoms with Crippen LogP contribution in [0.4, 0.5) is 46.5 Å². The van der Waals surface area contributed by atoms with Gasteiger partial charge < -0.3 is 15.7 Å². The minimum absolute atomic E-state index is 0.0225. The van der Waals surface area contributed by atoms with Crippen LogP contribution in [-0.2, 0) is 30.2 Å². The molecular formula is C33H24ClN13O8S3. The summed E-state index contributed by atoms with van der Waals surface area (Å²) in [6.45, 7) is 0. The number of nitrogens with zero attached hydrogens (tertiary/aromatic N) is 9. The second-order valence-electron chi connectivity index (χ2n) is 11.6. The van der Waals surface area contributed by atoms with E-state index in [4.69, 9.17) is 11.6 Å². The fourth-order valence-corrected chi connectivity index (χ4v) is 7.76. The Morgan fingerprint density at radius 2 is 1.09 bits per heavy atom. The van der Waals surface area contributed by atoms with Gasteiger partial charge >= 0.3 is 0 Å². The van der Waals surface area contributed by atoms with Crippen LogP contribution in [0, 0.1) is 0 Å². The van der Waals surface area contributed by atoms with Crippen LogP contribution in [-0.4, -0.2) is 69.8 Å². The number of nitrogens with one attached hydrogen (secondary N) is 4. The summed E-state index contributed by atoms with van der Waals surface area (Å²) in [5.41, 5.74) is 0.189. The first kappa shape index (κ1) is 39.3. The summed E-state index contributed by atoms with van der Waals surface area (Å²) in [5.74, 6) is -0.941. The van der Waals surface area contributed by atoms with Crippen molar-refractivity contribution in [2.45, 2.75) is 14.7 Å². The molecule has 0 radical (unpaired) electrons. The van der Waals surface area contributed by atoms with Gasteiger partial charge in [-0.05, 0) is 102 Å². The van der Waals surface area contributed by atoms with Crippen molar-refractivity contribution < 1.29 is 34.9 Å². The normalized spacial score (nSPS) is 12.0. The number of sulfonamides is 2. The molecule has 25 heteroatoms. The van der Waals surface area contributed by atoms with Crippen LogP contribution in [0.15, 0.2) is 135 Å². The van der Waals surface area contributed by atoms with Gasteiger partial charge in [0.25, 0.3) is 30.2 Å². The zero-order chi connectivity index (χ0) is 41.1. The topological polar surface area (TPSA) is 306 Å². The van der Waals surface area contributed by atoms with Gasteiger partial charge in [-0.15, -0.1) is 5.11 Å². The van der Waals surface area contributed by atoms with E-state index >= 15 is 0 Å². The van der Waals surface area contributed by atoms with Crippen molar-refractivity contribution in [3.63, 3.8) is 0 Å². The Bertz CT molecular complexity index is 3030. The molecule has 0 atom stereocenters. The Labute approximate surface area is 333 Å². The maximum Gasteiger partial charge on any atom is 0.296 e. The van der Waals surface area contributed by atoms with Gasteiger partial charge in [0, 0.05) is 41.5 Å². The summed E-state index contributed by atoms with van der Waals surface area (Å²) >= 11 is 6.16. The van der Waals surface area contributed by atoms with E-state index in [1.165, 1.54) is 97.6 Å². The van der Waals surface area contributed by atoms with Gasteiger partial charge in [0.05, 0.1) is 15.5 Å². The monoisotopic (exact) mass is 861 g/mol. The fraction of sp³-hybridized carbons (Fsp3) is 0. The second-order valence-corrected chi connectivity index (χ2v) is 16.7. The molecule has 294 valence electrons. The lowest BCUT2D eigenvalue weighted by molar-refractivity contribution is 0.472. The van der Waals surface area contributed by atoms with E-state index in [1.54, 1.807) is 6.07 Å². The van der Waals surface area contributed by atoms with Gasteiger partial charge in [-0.1, -0.05) is 0 Å². The average molecular weight is 862 g/mol. The molecule has 0 unspecified atom stereocenters. The van der Waals surface area contributed by atoms with Gasteiger partial charge in [-0.2, -0.15) is 28.5 Å². The molecule has 4 aromatic carbocycles. The number of rotatable bonds is 13. The predicted molar refractivity (Wildman–Crippen MR) is 210 cm³/mol. The number of fused-ring (bicyclic) bond motifs is 1. The van der Waals surface area contributed by atoms with Crippen molar-refractivity contribution in [3.05, 3.63) is 115 Å². The number of phenols is 1. The molecule has 7 aromatic rings. The number of benzene rings is 4. The van der Waals surface area contributed by atoms with Crippen molar-refractivity contribution in [1.29, 1.82) is 0 Å². The van der Waals surface area contributed by atoms with E-state index in [9.17, 15) is 34.9 Å². The summed E-state index contributed by atoms with van der Waals surface area (Å²) in [4.78, 5) is 26.7. The predicted octanol–water partition coefficient (Wildman–Crippen LogP) is 5.71. The molecule has 6 N–H and O–H groups in total. The number of anilines is 6. The molecule has 0 fully saturated rings. The van der Waals surface area contributed by atoms with Crippen molar-refractivity contribution in [3.8, 4) is 5.75 Å². The summed E-state index contributed by atoms with van der Waals surface area (Å²) in [7, 11) is -13.0. The largest absolute Gasteiger partial charge is 0.505 e. The molecule has 7 rings (SSSR count). The van der Waals surface area contributed by atoms with Gasteiger partial charge in [-0.3, -0.25) is 4.55 Å². The lowest BCUT2D eigenvalue weighted by Crippen LogP contribution is -2.14. The van der Waals surface area contributed by atoms with E-state index in [-0.39, 0.29) is 55.3 Å². The van der Waals surface area contributed by atoms with E-state index < -0.39 is 46.5 Å². The first-order valence-corrected chi connectivity index (χ1v) is 20.9. The number of hydrogen-bond acceptors (Lipinski definition) is 18. The molecule has 0 aliphatic rings. The van der Waals surface area contributed by atoms with Crippen LogP contribution < -0.4 is 20.1 Å². The minimum atomic E-state index is -4.98. The number of halogens is 1. The van der Waals surface area contributed by atoms with E-state index in [1.807, 2.05) is 0 Å². The summed E-state index contributed by atoms with van der Waals surface area (Å²) in [6.07, 6.45) is 5.51. The van der Waals surface area contributed by atoms with Crippen LogP contribution in [0.2, 0.25) is 5.28 Å². The Balaban J connectivity index is 1.09. The van der Waals surface area contributed by atoms with Gasteiger partial charge in [0.2, 0.25) is 29.1 Å². The quantitative estimate of drug-likeness (QED) is 0.0597. The van der Waals surface area contributed by atoms with Crippen LogP contribution in [0.5, 0.6) is 5.75 Å². The number of hydrogen-bond donors (Lipinski definition) is 6. The van der Waals surface area contributed by atoms with Crippen molar-refractivity contribution in [1.82, 2.24) is 34.9 Å². The summed E-state index contributed by atoms with van der Waals surface area (Å²) < 4.78 is 90.4. The number of aromatic hydroxyl groups is 1. The third-order valence-electron chi connectivity index (χ3n) is 7.61. The first-order chi connectivity index (χ1) is 27.6. The second kappa shape index (κ2) is 15.9. The highest BCUT2D eigenvalue weighted by atomic mass is 35.5. The lowest BCUT2D eigenvalue weighted by Gasteiger charge is -2.12. The minimum Gasteiger partial charge on any atom is -0.505 e. The first-order valence-electron chi connectivity index (χ1n) is 16.1. The number of aromatic nitrogens is 7. The zero-order valence-electron chi connectivity index (χ0n) is 28.9.